The van der Waals surface area contributed by atoms with Crippen LogP contribution in [0.15, 0.2) is 35.4 Å². The summed E-state index contributed by atoms with van der Waals surface area (Å²) in [6.45, 7) is 5.06. The van der Waals surface area contributed by atoms with Crippen molar-refractivity contribution in [3.8, 4) is 0 Å². The summed E-state index contributed by atoms with van der Waals surface area (Å²) in [5.74, 6) is -0.390. The first kappa shape index (κ1) is 27.0. The fourth-order valence-electron chi connectivity index (χ4n) is 5.14. The third kappa shape index (κ3) is 4.97. The number of anilines is 1. The lowest BCUT2D eigenvalue weighted by Crippen LogP contribution is -2.47. The van der Waals surface area contributed by atoms with E-state index in [9.17, 15) is 19.1 Å². The number of hydrogen-bond donors (Lipinski definition) is 2. The van der Waals surface area contributed by atoms with Crippen LogP contribution in [0.1, 0.15) is 40.3 Å². The molecule has 0 spiro atoms. The zero-order valence-electron chi connectivity index (χ0n) is 22.3. The maximum absolute atomic E-state index is 13.6. The van der Waals surface area contributed by atoms with Crippen molar-refractivity contribution < 1.29 is 14.3 Å². The molecular formula is C27H31ClFN7O3. The monoisotopic (exact) mass is 555 g/mol. The average molecular weight is 556 g/mol. The molecule has 3 aromatic heterocycles. The van der Waals surface area contributed by atoms with E-state index in [1.807, 2.05) is 36.9 Å². The van der Waals surface area contributed by atoms with Gasteiger partial charge in [-0.3, -0.25) is 23.5 Å². The van der Waals surface area contributed by atoms with Gasteiger partial charge >= 0.3 is 0 Å². The van der Waals surface area contributed by atoms with Gasteiger partial charge in [-0.15, -0.1) is 0 Å². The minimum Gasteiger partial charge on any atom is -0.395 e. The van der Waals surface area contributed by atoms with Crippen molar-refractivity contribution in [2.24, 2.45) is 7.05 Å². The number of aryl methyl sites for hydroxylation is 2. The molecule has 10 nitrogen and oxygen atoms in total. The number of carbonyl (C=O) groups excluding carboxylic acids is 1. The standard InChI is InChI=1S/C27H31ClFN7O3/c1-15-9-18(16(2)31-20-5-6-22(28)32-21(20)13-35-11-17(29)12-35)24-19(10-15)26(38)34(4)25-23(30-14-36(24)25)27(39)33(3)7-8-37/h5-6,9-10,14,16-17,31,37H,7-8,11-13H2,1-4H3. The normalized spacial score (nSPS) is 15.1. The molecule has 0 bridgehead atoms. The highest BCUT2D eigenvalue weighted by Gasteiger charge is 2.28. The summed E-state index contributed by atoms with van der Waals surface area (Å²) in [6.07, 6.45) is 0.730. The number of fused-ring (bicyclic) bond motifs is 3. The predicted molar refractivity (Wildman–Crippen MR) is 148 cm³/mol. The Morgan fingerprint density at radius 3 is 2.77 bits per heavy atom. The molecule has 39 heavy (non-hydrogen) atoms. The second-order valence-electron chi connectivity index (χ2n) is 10.1. The Labute approximate surface area is 229 Å². The van der Waals surface area contributed by atoms with Gasteiger partial charge < -0.3 is 15.3 Å². The molecule has 1 aliphatic rings. The maximum atomic E-state index is 13.6. The van der Waals surface area contributed by atoms with Gasteiger partial charge in [-0.1, -0.05) is 17.7 Å². The number of carbonyl (C=O) groups is 1. The van der Waals surface area contributed by atoms with Crippen molar-refractivity contribution in [1.82, 2.24) is 28.7 Å². The summed E-state index contributed by atoms with van der Waals surface area (Å²) in [5, 5.41) is 13.6. The van der Waals surface area contributed by atoms with Crippen LogP contribution in [0.4, 0.5) is 10.1 Å². The zero-order chi connectivity index (χ0) is 28.0. The minimum absolute atomic E-state index is 0.129. The van der Waals surface area contributed by atoms with E-state index in [0.717, 1.165) is 16.8 Å². The number of halogens is 2. The van der Waals surface area contributed by atoms with Crippen LogP contribution >= 0.6 is 11.6 Å². The third-order valence-electron chi connectivity index (χ3n) is 7.17. The fraction of sp³-hybridized carbons (Fsp3) is 0.407. The largest absolute Gasteiger partial charge is 0.395 e. The minimum atomic E-state index is -0.821. The zero-order valence-corrected chi connectivity index (χ0v) is 23.0. The van der Waals surface area contributed by atoms with Crippen LogP contribution in [0.2, 0.25) is 5.15 Å². The topological polar surface area (TPSA) is 108 Å². The summed E-state index contributed by atoms with van der Waals surface area (Å²) in [6, 6.07) is 7.11. The molecule has 5 rings (SSSR count). The van der Waals surface area contributed by atoms with Crippen LogP contribution in [0.5, 0.6) is 0 Å². The lowest BCUT2D eigenvalue weighted by atomic mass is 10.0. The summed E-state index contributed by atoms with van der Waals surface area (Å²) >= 11 is 6.19. The quantitative estimate of drug-likeness (QED) is 0.322. The van der Waals surface area contributed by atoms with E-state index in [2.05, 4.69) is 15.3 Å². The summed E-state index contributed by atoms with van der Waals surface area (Å²) < 4.78 is 16.6. The van der Waals surface area contributed by atoms with E-state index in [-0.39, 0.29) is 36.4 Å². The number of likely N-dealkylation sites (tertiary alicyclic amines) is 1. The van der Waals surface area contributed by atoms with Crippen molar-refractivity contribution in [3.63, 3.8) is 0 Å². The fourth-order valence-corrected chi connectivity index (χ4v) is 5.31. The highest BCUT2D eigenvalue weighted by atomic mass is 35.5. The highest BCUT2D eigenvalue weighted by molar-refractivity contribution is 6.29. The molecule has 0 saturated carbocycles. The second kappa shape index (κ2) is 10.6. The van der Waals surface area contributed by atoms with E-state index >= 15 is 0 Å². The first-order chi connectivity index (χ1) is 18.6. The number of aliphatic hydroxyl groups excluding tert-OH is 1. The number of pyridine rings is 1. The number of alkyl halides is 1. The summed E-state index contributed by atoms with van der Waals surface area (Å²) in [5.41, 5.74) is 4.10. The Morgan fingerprint density at radius 2 is 2.08 bits per heavy atom. The van der Waals surface area contributed by atoms with Crippen LogP contribution < -0.4 is 10.9 Å². The van der Waals surface area contributed by atoms with Gasteiger partial charge in [0.1, 0.15) is 17.7 Å². The first-order valence-electron chi connectivity index (χ1n) is 12.7. The molecule has 1 fully saturated rings. The number of amides is 1. The molecule has 1 aliphatic heterocycles. The van der Waals surface area contributed by atoms with Crippen molar-refractivity contribution in [2.45, 2.75) is 32.6 Å². The van der Waals surface area contributed by atoms with Gasteiger partial charge in [-0.25, -0.2) is 14.4 Å². The molecule has 1 atom stereocenters. The molecule has 12 heteroatoms. The van der Waals surface area contributed by atoms with Gasteiger partial charge in [0.25, 0.3) is 11.5 Å². The van der Waals surface area contributed by atoms with Gasteiger partial charge in [0.2, 0.25) is 0 Å². The lowest BCUT2D eigenvalue weighted by Gasteiger charge is -2.34. The van der Waals surface area contributed by atoms with Gasteiger partial charge in [0.15, 0.2) is 11.3 Å². The summed E-state index contributed by atoms with van der Waals surface area (Å²) in [7, 11) is 3.20. The smallest absolute Gasteiger partial charge is 0.276 e. The molecule has 0 aliphatic carbocycles. The van der Waals surface area contributed by atoms with Crippen LogP contribution in [0, 0.1) is 6.92 Å². The Balaban J connectivity index is 1.61. The lowest BCUT2D eigenvalue weighted by molar-refractivity contribution is 0.0582. The Hall–Kier alpha value is -3.54. The molecule has 206 valence electrons. The molecule has 1 saturated heterocycles. The number of hydrogen-bond acceptors (Lipinski definition) is 7. The van der Waals surface area contributed by atoms with Crippen molar-refractivity contribution in [3.05, 3.63) is 68.6 Å². The Morgan fingerprint density at radius 1 is 1.33 bits per heavy atom. The SMILES string of the molecule is Cc1cc(C(C)Nc2ccc(Cl)nc2CN2CC(F)C2)c2c(c1)c(=O)n(C)c1c(C(=O)N(C)CCO)ncn21. The van der Waals surface area contributed by atoms with Gasteiger partial charge in [-0.05, 0) is 43.2 Å². The number of imidazole rings is 1. The predicted octanol–water partition coefficient (Wildman–Crippen LogP) is 2.93. The van der Waals surface area contributed by atoms with Crippen molar-refractivity contribution in [1.29, 1.82) is 0 Å². The van der Waals surface area contributed by atoms with Crippen molar-refractivity contribution >= 4 is 39.7 Å². The van der Waals surface area contributed by atoms with E-state index in [4.69, 9.17) is 11.6 Å². The van der Waals surface area contributed by atoms with E-state index < -0.39 is 6.17 Å². The number of rotatable bonds is 8. The molecule has 1 aromatic carbocycles. The van der Waals surface area contributed by atoms with Crippen LogP contribution in [0.3, 0.4) is 0 Å². The molecule has 4 heterocycles. The number of aromatic nitrogens is 4. The number of nitrogens with one attached hydrogen (secondary N) is 1. The Bertz CT molecular complexity index is 1630. The highest BCUT2D eigenvalue weighted by Crippen LogP contribution is 2.31. The average Bonchev–Trinajstić information content (AvgIpc) is 3.32. The molecule has 0 radical (unpaired) electrons. The summed E-state index contributed by atoms with van der Waals surface area (Å²) in [4.78, 5) is 38.9. The molecule has 1 amide bonds. The van der Waals surface area contributed by atoms with E-state index in [1.54, 1.807) is 30.9 Å². The van der Waals surface area contributed by atoms with Crippen molar-refractivity contribution in [2.75, 3.05) is 38.6 Å². The van der Waals surface area contributed by atoms with Gasteiger partial charge in [0, 0.05) is 40.3 Å². The van der Waals surface area contributed by atoms with Gasteiger partial charge in [-0.2, -0.15) is 0 Å². The molecule has 2 N–H and O–H groups in total. The second-order valence-corrected chi connectivity index (χ2v) is 10.5. The first-order valence-corrected chi connectivity index (χ1v) is 13.1. The van der Waals surface area contributed by atoms with E-state index in [1.165, 1.54) is 9.47 Å². The van der Waals surface area contributed by atoms with Crippen LogP contribution in [0.25, 0.3) is 16.6 Å². The number of benzene rings is 1. The van der Waals surface area contributed by atoms with Crippen LogP contribution in [-0.4, -0.2) is 79.2 Å². The van der Waals surface area contributed by atoms with Crippen LogP contribution in [-0.2, 0) is 13.6 Å². The Kier molecular flexibility index (Phi) is 7.32. The van der Waals surface area contributed by atoms with E-state index in [0.29, 0.717) is 47.0 Å². The molecular weight excluding hydrogens is 525 g/mol. The number of nitrogens with zero attached hydrogens (tertiary/aromatic N) is 6. The maximum Gasteiger partial charge on any atom is 0.276 e. The van der Waals surface area contributed by atoms with Gasteiger partial charge in [0.05, 0.1) is 34.9 Å². The molecule has 1 unspecified atom stereocenters. The number of aliphatic hydroxyl groups is 1. The number of likely N-dealkylation sites (N-methyl/N-ethyl adjacent to an activating group) is 1. The molecule has 4 aromatic rings. The third-order valence-corrected chi connectivity index (χ3v) is 7.38.